The summed E-state index contributed by atoms with van der Waals surface area (Å²) in [5, 5.41) is 7.12. The second-order valence-corrected chi connectivity index (χ2v) is 7.40. The lowest BCUT2D eigenvalue weighted by Gasteiger charge is -2.08. The highest BCUT2D eigenvalue weighted by Crippen LogP contribution is 2.10. The highest BCUT2D eigenvalue weighted by Gasteiger charge is 2.11. The monoisotopic (exact) mass is 324 g/mol. The molecule has 0 fully saturated rings. The molecule has 0 aliphatic carbocycles. The fraction of sp³-hybridized carbons (Fsp3) is 0.333. The van der Waals surface area contributed by atoms with Crippen molar-refractivity contribution < 1.29 is 8.42 Å². The number of sulfonamides is 1. The zero-order chi connectivity index (χ0) is 15.1. The zero-order valence-corrected chi connectivity index (χ0v) is 13.6. The molecule has 0 saturated carbocycles. The lowest BCUT2D eigenvalue weighted by molar-refractivity contribution is 0.580. The molecule has 0 aliphatic heterocycles. The maximum atomic E-state index is 12.1. The van der Waals surface area contributed by atoms with E-state index in [1.54, 1.807) is 11.3 Å². The predicted octanol–water partition coefficient (Wildman–Crippen LogP) is 2.48. The van der Waals surface area contributed by atoms with Crippen LogP contribution >= 0.6 is 11.3 Å². The van der Waals surface area contributed by atoms with Crippen molar-refractivity contribution in [2.24, 2.45) is 0 Å². The van der Waals surface area contributed by atoms with Gasteiger partial charge in [0.05, 0.1) is 5.75 Å². The zero-order valence-electron chi connectivity index (χ0n) is 12.0. The molecule has 0 unspecified atom stereocenters. The number of hydrogen-bond donors (Lipinski definition) is 2. The Hall–Kier alpha value is -1.21. The average Bonchev–Trinajstić information content (AvgIpc) is 2.96. The summed E-state index contributed by atoms with van der Waals surface area (Å²) in [7, 11) is -3.31. The summed E-state index contributed by atoms with van der Waals surface area (Å²) in [6, 6.07) is 9.60. The van der Waals surface area contributed by atoms with Crippen molar-refractivity contribution in [3.63, 3.8) is 0 Å². The van der Waals surface area contributed by atoms with Crippen molar-refractivity contribution in [3.8, 4) is 0 Å². The molecular formula is C15H20N2O2S2. The quantitative estimate of drug-likeness (QED) is 0.784. The highest BCUT2D eigenvalue weighted by molar-refractivity contribution is 7.88. The van der Waals surface area contributed by atoms with Crippen LogP contribution in [-0.4, -0.2) is 15.0 Å². The van der Waals surface area contributed by atoms with Gasteiger partial charge in [0.2, 0.25) is 10.0 Å². The van der Waals surface area contributed by atoms with E-state index in [0.717, 1.165) is 29.8 Å². The first-order valence-electron chi connectivity index (χ1n) is 6.86. The molecule has 6 heteroatoms. The van der Waals surface area contributed by atoms with Crippen LogP contribution in [0, 0.1) is 0 Å². The summed E-state index contributed by atoms with van der Waals surface area (Å²) < 4.78 is 26.8. The molecule has 1 aromatic heterocycles. The third kappa shape index (κ3) is 5.59. The van der Waals surface area contributed by atoms with Crippen molar-refractivity contribution >= 4 is 21.4 Å². The van der Waals surface area contributed by atoms with Crippen LogP contribution < -0.4 is 10.0 Å². The minimum Gasteiger partial charge on any atom is -0.313 e. The Labute approximate surface area is 130 Å². The molecule has 114 valence electrons. The van der Waals surface area contributed by atoms with E-state index in [1.807, 2.05) is 48.0 Å². The topological polar surface area (TPSA) is 58.2 Å². The molecule has 1 aromatic carbocycles. The minimum absolute atomic E-state index is 0.0110. The van der Waals surface area contributed by atoms with E-state index in [9.17, 15) is 8.42 Å². The predicted molar refractivity (Wildman–Crippen MR) is 87.6 cm³/mol. The highest BCUT2D eigenvalue weighted by atomic mass is 32.2. The molecule has 1 heterocycles. The fourth-order valence-corrected chi connectivity index (χ4v) is 3.73. The molecule has 21 heavy (non-hydrogen) atoms. The summed E-state index contributed by atoms with van der Waals surface area (Å²) in [5.41, 5.74) is 2.90. The van der Waals surface area contributed by atoms with Gasteiger partial charge in [-0.3, -0.25) is 0 Å². The Balaban J connectivity index is 1.95. The number of rotatable bonds is 8. The van der Waals surface area contributed by atoms with E-state index in [-0.39, 0.29) is 5.75 Å². The van der Waals surface area contributed by atoms with Gasteiger partial charge in [0.15, 0.2) is 0 Å². The van der Waals surface area contributed by atoms with Crippen molar-refractivity contribution in [3.05, 3.63) is 57.8 Å². The van der Waals surface area contributed by atoms with E-state index < -0.39 is 10.0 Å². The van der Waals surface area contributed by atoms with Crippen molar-refractivity contribution in [1.82, 2.24) is 10.0 Å². The normalized spacial score (nSPS) is 11.7. The molecule has 0 saturated heterocycles. The number of thiophene rings is 1. The van der Waals surface area contributed by atoms with Gasteiger partial charge in [-0.05, 0) is 40.1 Å². The molecule has 0 atom stereocenters. The third-order valence-corrected chi connectivity index (χ3v) is 5.03. The number of nitrogens with one attached hydrogen (secondary N) is 2. The standard InChI is InChI=1S/C15H20N2O2S2/c1-2-16-9-13-4-3-5-14(8-13)12-21(18,19)17-10-15-6-7-20-11-15/h3-8,11,16-17H,2,9-10,12H2,1H3. The van der Waals surface area contributed by atoms with Crippen LogP contribution in [0.2, 0.25) is 0 Å². The van der Waals surface area contributed by atoms with Crippen LogP contribution in [0.25, 0.3) is 0 Å². The van der Waals surface area contributed by atoms with Gasteiger partial charge in [0.25, 0.3) is 0 Å². The molecule has 0 amide bonds. The van der Waals surface area contributed by atoms with Crippen LogP contribution in [0.3, 0.4) is 0 Å². The Kier molecular flexibility index (Phi) is 5.93. The first kappa shape index (κ1) is 16.2. The third-order valence-electron chi connectivity index (χ3n) is 3.00. The summed E-state index contributed by atoms with van der Waals surface area (Å²) in [6.45, 7) is 4.04. The average molecular weight is 324 g/mol. The molecule has 0 bridgehead atoms. The van der Waals surface area contributed by atoms with Gasteiger partial charge < -0.3 is 5.32 Å². The van der Waals surface area contributed by atoms with E-state index in [0.29, 0.717) is 6.54 Å². The second-order valence-electron chi connectivity index (χ2n) is 4.81. The van der Waals surface area contributed by atoms with Gasteiger partial charge in [0, 0.05) is 13.1 Å². The van der Waals surface area contributed by atoms with Gasteiger partial charge in [0.1, 0.15) is 0 Å². The Morgan fingerprint density at radius 2 is 1.90 bits per heavy atom. The lowest BCUT2D eigenvalue weighted by Crippen LogP contribution is -2.24. The van der Waals surface area contributed by atoms with E-state index in [4.69, 9.17) is 0 Å². The van der Waals surface area contributed by atoms with Crippen molar-refractivity contribution in [2.75, 3.05) is 6.54 Å². The number of hydrogen-bond acceptors (Lipinski definition) is 4. The largest absolute Gasteiger partial charge is 0.313 e. The number of benzene rings is 1. The Morgan fingerprint density at radius 3 is 2.62 bits per heavy atom. The van der Waals surface area contributed by atoms with Gasteiger partial charge in [-0.25, -0.2) is 13.1 Å². The lowest BCUT2D eigenvalue weighted by atomic mass is 10.1. The van der Waals surface area contributed by atoms with Crippen LogP contribution in [0.1, 0.15) is 23.6 Å². The fourth-order valence-electron chi connectivity index (χ4n) is 1.96. The van der Waals surface area contributed by atoms with Crippen LogP contribution in [0.5, 0.6) is 0 Å². The minimum atomic E-state index is -3.31. The molecule has 0 spiro atoms. The molecule has 2 rings (SSSR count). The summed E-state index contributed by atoms with van der Waals surface area (Å²) >= 11 is 1.56. The maximum absolute atomic E-state index is 12.1. The smallest absolute Gasteiger partial charge is 0.216 e. The Bertz CT molecular complexity index is 652. The second kappa shape index (κ2) is 7.70. The van der Waals surface area contributed by atoms with E-state index in [2.05, 4.69) is 10.0 Å². The van der Waals surface area contributed by atoms with Gasteiger partial charge >= 0.3 is 0 Å². The summed E-state index contributed by atoms with van der Waals surface area (Å²) in [6.07, 6.45) is 0. The summed E-state index contributed by atoms with van der Waals surface area (Å²) in [5.74, 6) is 0.0110. The molecule has 2 aromatic rings. The first-order chi connectivity index (χ1) is 10.1. The van der Waals surface area contributed by atoms with Crippen LogP contribution in [-0.2, 0) is 28.9 Å². The molecule has 0 aliphatic rings. The SMILES string of the molecule is CCNCc1cccc(CS(=O)(=O)NCc2ccsc2)c1. The molecule has 2 N–H and O–H groups in total. The Morgan fingerprint density at radius 1 is 1.10 bits per heavy atom. The molecule has 4 nitrogen and oxygen atoms in total. The van der Waals surface area contributed by atoms with E-state index in [1.165, 1.54) is 0 Å². The van der Waals surface area contributed by atoms with E-state index >= 15 is 0 Å². The summed E-state index contributed by atoms with van der Waals surface area (Å²) in [4.78, 5) is 0. The van der Waals surface area contributed by atoms with Crippen molar-refractivity contribution in [2.45, 2.75) is 25.8 Å². The van der Waals surface area contributed by atoms with Gasteiger partial charge in [-0.2, -0.15) is 11.3 Å². The van der Waals surface area contributed by atoms with Crippen LogP contribution in [0.15, 0.2) is 41.1 Å². The maximum Gasteiger partial charge on any atom is 0.216 e. The molecule has 0 radical (unpaired) electrons. The van der Waals surface area contributed by atoms with Crippen LogP contribution in [0.4, 0.5) is 0 Å². The molecular weight excluding hydrogens is 304 g/mol. The van der Waals surface area contributed by atoms with Gasteiger partial charge in [-0.1, -0.05) is 31.2 Å². The first-order valence-corrected chi connectivity index (χ1v) is 9.45. The van der Waals surface area contributed by atoms with Crippen molar-refractivity contribution in [1.29, 1.82) is 0 Å². The van der Waals surface area contributed by atoms with Gasteiger partial charge in [-0.15, -0.1) is 0 Å².